The van der Waals surface area contributed by atoms with Crippen LogP contribution in [-0.2, 0) is 9.53 Å². The van der Waals surface area contributed by atoms with Crippen LogP contribution in [0.3, 0.4) is 0 Å². The molecule has 90 valence electrons. The summed E-state index contributed by atoms with van der Waals surface area (Å²) in [6.45, 7) is 4.95. The summed E-state index contributed by atoms with van der Waals surface area (Å²) in [4.78, 5) is 11.1. The standard InChI is InChI=1S/C13H12BrClO2/c1-3-6-12(15)13(17-9(2)16)10-7-4-5-8-11(10)14/h3-5,7-8H,1,6H2,2H3/b13-12-. The molecule has 0 aromatic heterocycles. The second-order valence-electron chi connectivity index (χ2n) is 3.30. The molecule has 0 saturated heterocycles. The van der Waals surface area contributed by atoms with E-state index in [1.165, 1.54) is 6.92 Å². The van der Waals surface area contributed by atoms with Crippen molar-refractivity contribution in [3.8, 4) is 0 Å². The molecule has 0 spiro atoms. The van der Waals surface area contributed by atoms with Gasteiger partial charge in [-0.25, -0.2) is 0 Å². The van der Waals surface area contributed by atoms with Crippen molar-refractivity contribution in [3.63, 3.8) is 0 Å². The zero-order chi connectivity index (χ0) is 12.8. The number of rotatable bonds is 4. The van der Waals surface area contributed by atoms with Crippen molar-refractivity contribution in [3.05, 3.63) is 52.0 Å². The number of hydrogen-bond donors (Lipinski definition) is 0. The van der Waals surface area contributed by atoms with Crippen molar-refractivity contribution in [1.29, 1.82) is 0 Å². The minimum atomic E-state index is -0.405. The highest BCUT2D eigenvalue weighted by Crippen LogP contribution is 2.30. The van der Waals surface area contributed by atoms with E-state index in [0.29, 0.717) is 17.2 Å². The average molecular weight is 316 g/mol. The summed E-state index contributed by atoms with van der Waals surface area (Å²) >= 11 is 9.50. The van der Waals surface area contributed by atoms with E-state index in [0.717, 1.165) is 10.0 Å². The molecule has 0 aliphatic heterocycles. The Balaban J connectivity index is 3.24. The van der Waals surface area contributed by atoms with Gasteiger partial charge in [0, 0.05) is 23.4 Å². The Morgan fingerprint density at radius 1 is 1.53 bits per heavy atom. The number of ether oxygens (including phenoxy) is 1. The van der Waals surface area contributed by atoms with Crippen LogP contribution in [-0.4, -0.2) is 5.97 Å². The first kappa shape index (κ1) is 14.0. The fourth-order valence-electron chi connectivity index (χ4n) is 1.26. The van der Waals surface area contributed by atoms with E-state index in [2.05, 4.69) is 22.5 Å². The molecule has 2 nitrogen and oxygen atoms in total. The molecule has 4 heteroatoms. The van der Waals surface area contributed by atoms with E-state index in [1.54, 1.807) is 6.08 Å². The highest BCUT2D eigenvalue weighted by atomic mass is 79.9. The lowest BCUT2D eigenvalue weighted by atomic mass is 10.1. The van der Waals surface area contributed by atoms with Gasteiger partial charge in [-0.15, -0.1) is 6.58 Å². The topological polar surface area (TPSA) is 26.3 Å². The molecule has 0 amide bonds. The lowest BCUT2D eigenvalue weighted by Gasteiger charge is -2.11. The van der Waals surface area contributed by atoms with Crippen molar-refractivity contribution in [2.24, 2.45) is 0 Å². The number of esters is 1. The molecule has 0 radical (unpaired) electrons. The molecule has 0 aliphatic rings. The highest BCUT2D eigenvalue weighted by Gasteiger charge is 2.13. The van der Waals surface area contributed by atoms with Gasteiger partial charge in [0.1, 0.15) is 0 Å². The van der Waals surface area contributed by atoms with Gasteiger partial charge in [-0.3, -0.25) is 4.79 Å². The normalized spacial score (nSPS) is 11.7. The number of benzene rings is 1. The van der Waals surface area contributed by atoms with Gasteiger partial charge in [-0.2, -0.15) is 0 Å². The van der Waals surface area contributed by atoms with Crippen molar-refractivity contribution in [1.82, 2.24) is 0 Å². The van der Waals surface area contributed by atoms with Crippen LogP contribution in [0, 0.1) is 0 Å². The Labute approximate surface area is 114 Å². The molecular formula is C13H12BrClO2. The highest BCUT2D eigenvalue weighted by molar-refractivity contribution is 9.10. The Kier molecular flexibility index (Phi) is 5.45. The van der Waals surface area contributed by atoms with E-state index in [1.807, 2.05) is 24.3 Å². The molecule has 0 unspecified atom stereocenters. The summed E-state index contributed by atoms with van der Waals surface area (Å²) in [6, 6.07) is 7.41. The third kappa shape index (κ3) is 4.02. The van der Waals surface area contributed by atoms with E-state index in [9.17, 15) is 4.79 Å². The number of carbonyl (C=O) groups excluding carboxylic acids is 1. The maximum absolute atomic E-state index is 11.1. The summed E-state index contributed by atoms with van der Waals surface area (Å²) in [6.07, 6.45) is 2.11. The van der Waals surface area contributed by atoms with Crippen LogP contribution in [0.1, 0.15) is 18.9 Å². The van der Waals surface area contributed by atoms with Gasteiger partial charge in [0.15, 0.2) is 5.76 Å². The molecule has 0 saturated carbocycles. The van der Waals surface area contributed by atoms with Gasteiger partial charge in [0.05, 0.1) is 5.03 Å². The molecule has 0 N–H and O–H groups in total. The second kappa shape index (κ2) is 6.62. The SMILES string of the molecule is C=CC/C(Cl)=C(/OC(C)=O)c1ccccc1Br. The first-order valence-electron chi connectivity index (χ1n) is 4.99. The molecular weight excluding hydrogens is 303 g/mol. The van der Waals surface area contributed by atoms with Crippen LogP contribution in [0.4, 0.5) is 0 Å². The van der Waals surface area contributed by atoms with E-state index >= 15 is 0 Å². The van der Waals surface area contributed by atoms with Crippen LogP contribution >= 0.6 is 27.5 Å². The molecule has 1 aromatic rings. The van der Waals surface area contributed by atoms with Gasteiger partial charge in [0.25, 0.3) is 0 Å². The summed E-state index contributed by atoms with van der Waals surface area (Å²) < 4.78 is 5.98. The van der Waals surface area contributed by atoms with Crippen molar-refractivity contribution < 1.29 is 9.53 Å². The monoisotopic (exact) mass is 314 g/mol. The molecule has 0 fully saturated rings. The smallest absolute Gasteiger partial charge is 0.308 e. The first-order valence-corrected chi connectivity index (χ1v) is 6.16. The predicted molar refractivity (Wildman–Crippen MR) is 73.5 cm³/mol. The summed E-state index contributed by atoms with van der Waals surface area (Å²) in [5.74, 6) is -0.0375. The van der Waals surface area contributed by atoms with Crippen molar-refractivity contribution in [2.45, 2.75) is 13.3 Å². The Bertz CT molecular complexity index is 466. The van der Waals surface area contributed by atoms with Crippen LogP contribution in [0.2, 0.25) is 0 Å². The average Bonchev–Trinajstić information content (AvgIpc) is 2.27. The van der Waals surface area contributed by atoms with Crippen molar-refractivity contribution >= 4 is 39.3 Å². The number of halogens is 2. The van der Waals surface area contributed by atoms with Crippen molar-refractivity contribution in [2.75, 3.05) is 0 Å². The zero-order valence-corrected chi connectivity index (χ0v) is 11.7. The lowest BCUT2D eigenvalue weighted by molar-refractivity contribution is -0.134. The Morgan fingerprint density at radius 3 is 2.71 bits per heavy atom. The first-order chi connectivity index (χ1) is 8.06. The number of hydrogen-bond acceptors (Lipinski definition) is 2. The van der Waals surface area contributed by atoms with E-state index < -0.39 is 5.97 Å². The van der Waals surface area contributed by atoms with Crippen LogP contribution in [0.5, 0.6) is 0 Å². The van der Waals surface area contributed by atoms with Gasteiger partial charge >= 0.3 is 5.97 Å². The molecule has 0 bridgehead atoms. The maximum Gasteiger partial charge on any atom is 0.308 e. The summed E-state index contributed by atoms with van der Waals surface area (Å²) in [5, 5.41) is 0.446. The lowest BCUT2D eigenvalue weighted by Crippen LogP contribution is -2.01. The summed E-state index contributed by atoms with van der Waals surface area (Å²) in [7, 11) is 0. The largest absolute Gasteiger partial charge is 0.425 e. The molecule has 0 atom stereocenters. The third-order valence-electron chi connectivity index (χ3n) is 1.93. The Hall–Kier alpha value is -1.06. The fraction of sp³-hybridized carbons (Fsp3) is 0.154. The summed E-state index contributed by atoms with van der Waals surface area (Å²) in [5.41, 5.74) is 0.745. The quantitative estimate of drug-likeness (QED) is 0.465. The zero-order valence-electron chi connectivity index (χ0n) is 9.37. The van der Waals surface area contributed by atoms with Crippen LogP contribution < -0.4 is 0 Å². The van der Waals surface area contributed by atoms with E-state index in [-0.39, 0.29) is 0 Å². The molecule has 0 heterocycles. The molecule has 0 aliphatic carbocycles. The van der Waals surface area contributed by atoms with Gasteiger partial charge in [-0.05, 0) is 6.07 Å². The molecule has 17 heavy (non-hydrogen) atoms. The fourth-order valence-corrected chi connectivity index (χ4v) is 1.98. The third-order valence-corrected chi connectivity index (χ3v) is 2.95. The van der Waals surface area contributed by atoms with Gasteiger partial charge < -0.3 is 4.74 Å². The molecule has 1 aromatic carbocycles. The second-order valence-corrected chi connectivity index (χ2v) is 4.61. The van der Waals surface area contributed by atoms with Gasteiger partial charge in [0.2, 0.25) is 0 Å². The minimum Gasteiger partial charge on any atom is -0.425 e. The van der Waals surface area contributed by atoms with Crippen LogP contribution in [0.25, 0.3) is 5.76 Å². The van der Waals surface area contributed by atoms with E-state index in [4.69, 9.17) is 16.3 Å². The van der Waals surface area contributed by atoms with Crippen LogP contribution in [0.15, 0.2) is 46.4 Å². The minimum absolute atomic E-state index is 0.367. The Morgan fingerprint density at radius 2 is 2.18 bits per heavy atom. The molecule has 1 rings (SSSR count). The maximum atomic E-state index is 11.1. The number of carbonyl (C=O) groups is 1. The number of allylic oxidation sites excluding steroid dienone is 2. The van der Waals surface area contributed by atoms with Gasteiger partial charge in [-0.1, -0.05) is 51.8 Å². The predicted octanol–water partition coefficient (Wildman–Crippen LogP) is 4.50.